The number of rotatable bonds is 6. The maximum atomic E-state index is 13.5. The maximum Gasteiger partial charge on any atom is 0.328 e. The highest BCUT2D eigenvalue weighted by molar-refractivity contribution is 6.15. The molecule has 0 aliphatic carbocycles. The van der Waals surface area contributed by atoms with Crippen LogP contribution in [0, 0.1) is 0 Å². The minimum absolute atomic E-state index is 0.0740. The SMILES string of the molecule is O=C(O)/C=C/c1ccc(C(=O)c2c(-c3ccc(O)cc3)noc2-c2ccc(O)cc2)cc1. The van der Waals surface area contributed by atoms with E-state index in [4.69, 9.17) is 9.63 Å². The fourth-order valence-electron chi connectivity index (χ4n) is 3.18. The molecule has 7 nitrogen and oxygen atoms in total. The average molecular weight is 427 g/mol. The summed E-state index contributed by atoms with van der Waals surface area (Å²) in [6.07, 6.45) is 2.45. The molecule has 0 fully saturated rings. The van der Waals surface area contributed by atoms with E-state index >= 15 is 0 Å². The molecular formula is C25H17NO6. The van der Waals surface area contributed by atoms with E-state index in [1.165, 1.54) is 30.3 Å². The smallest absolute Gasteiger partial charge is 0.328 e. The Morgan fingerprint density at radius 1 is 0.781 bits per heavy atom. The van der Waals surface area contributed by atoms with Crippen LogP contribution in [0.3, 0.4) is 0 Å². The molecule has 0 amide bonds. The summed E-state index contributed by atoms with van der Waals surface area (Å²) in [5, 5.41) is 32.1. The minimum Gasteiger partial charge on any atom is -0.508 e. The standard InChI is InChI=1S/C25H17NO6/c27-19-10-6-16(7-11-19)23-22(25(32-26-23)18-8-12-20(28)13-9-18)24(31)17-4-1-15(2-5-17)3-14-21(29)30/h1-14,27-28H,(H,29,30)/b14-3+. The van der Waals surface area contributed by atoms with Crippen molar-refractivity contribution in [3.05, 3.63) is 95.6 Å². The zero-order chi connectivity index (χ0) is 22.7. The molecule has 0 unspecified atom stereocenters. The summed E-state index contributed by atoms with van der Waals surface area (Å²) < 4.78 is 5.55. The Balaban J connectivity index is 1.80. The molecule has 0 spiro atoms. The summed E-state index contributed by atoms with van der Waals surface area (Å²) in [7, 11) is 0. The number of carbonyl (C=O) groups is 2. The van der Waals surface area contributed by atoms with Crippen molar-refractivity contribution >= 4 is 17.8 Å². The van der Waals surface area contributed by atoms with Gasteiger partial charge in [-0.05, 0) is 60.2 Å². The number of carboxylic acid groups (broad SMARTS) is 1. The van der Waals surface area contributed by atoms with Crippen molar-refractivity contribution in [2.75, 3.05) is 0 Å². The third-order valence-electron chi connectivity index (χ3n) is 4.78. The highest BCUT2D eigenvalue weighted by Gasteiger charge is 2.26. The second-order valence-electron chi connectivity index (χ2n) is 6.95. The number of ketones is 1. The van der Waals surface area contributed by atoms with Gasteiger partial charge in [0.25, 0.3) is 0 Å². The second-order valence-corrected chi connectivity index (χ2v) is 6.95. The summed E-state index contributed by atoms with van der Waals surface area (Å²) in [6, 6.07) is 18.9. The van der Waals surface area contributed by atoms with Gasteiger partial charge in [-0.15, -0.1) is 0 Å². The van der Waals surface area contributed by atoms with Crippen molar-refractivity contribution < 1.29 is 29.4 Å². The average Bonchev–Trinajstić information content (AvgIpc) is 3.23. The van der Waals surface area contributed by atoms with Crippen LogP contribution >= 0.6 is 0 Å². The van der Waals surface area contributed by atoms with E-state index in [9.17, 15) is 19.8 Å². The first-order valence-corrected chi connectivity index (χ1v) is 9.56. The summed E-state index contributed by atoms with van der Waals surface area (Å²) in [5.74, 6) is -1.01. The predicted molar refractivity (Wildman–Crippen MR) is 117 cm³/mol. The normalized spacial score (nSPS) is 11.0. The fraction of sp³-hybridized carbons (Fsp3) is 0. The van der Waals surface area contributed by atoms with Gasteiger partial charge in [0.05, 0.1) is 5.56 Å². The highest BCUT2D eigenvalue weighted by atomic mass is 16.5. The van der Waals surface area contributed by atoms with E-state index in [0.717, 1.165) is 6.08 Å². The molecule has 0 atom stereocenters. The van der Waals surface area contributed by atoms with Crippen molar-refractivity contribution in [3.63, 3.8) is 0 Å². The lowest BCUT2D eigenvalue weighted by molar-refractivity contribution is -0.131. The molecule has 0 saturated carbocycles. The first-order chi connectivity index (χ1) is 15.4. The van der Waals surface area contributed by atoms with E-state index in [-0.39, 0.29) is 28.6 Å². The zero-order valence-electron chi connectivity index (χ0n) is 16.6. The summed E-state index contributed by atoms with van der Waals surface area (Å²) in [5.41, 5.74) is 2.68. The molecule has 1 heterocycles. The quantitative estimate of drug-likeness (QED) is 0.300. The van der Waals surface area contributed by atoms with Gasteiger partial charge in [0.2, 0.25) is 0 Å². The molecule has 0 saturated heterocycles. The molecule has 158 valence electrons. The third-order valence-corrected chi connectivity index (χ3v) is 4.78. The number of aromatic nitrogens is 1. The Morgan fingerprint density at radius 2 is 1.34 bits per heavy atom. The molecule has 0 aliphatic heterocycles. The number of nitrogens with zero attached hydrogens (tertiary/aromatic N) is 1. The van der Waals surface area contributed by atoms with Gasteiger partial charge in [0.15, 0.2) is 11.5 Å². The molecule has 0 bridgehead atoms. The van der Waals surface area contributed by atoms with Crippen LogP contribution in [0.5, 0.6) is 11.5 Å². The van der Waals surface area contributed by atoms with Gasteiger partial charge in [-0.1, -0.05) is 29.4 Å². The fourth-order valence-corrected chi connectivity index (χ4v) is 3.18. The topological polar surface area (TPSA) is 121 Å². The van der Waals surface area contributed by atoms with E-state index in [1.807, 2.05) is 0 Å². The van der Waals surface area contributed by atoms with Crippen LogP contribution in [0.15, 0.2) is 83.4 Å². The number of carbonyl (C=O) groups excluding carboxylic acids is 1. The lowest BCUT2D eigenvalue weighted by atomic mass is 9.95. The predicted octanol–water partition coefficient (Wildman–Crippen LogP) is 4.75. The Kier molecular flexibility index (Phi) is 5.55. The maximum absolute atomic E-state index is 13.5. The van der Waals surface area contributed by atoms with Gasteiger partial charge in [-0.2, -0.15) is 0 Å². The van der Waals surface area contributed by atoms with Gasteiger partial charge in [0, 0.05) is 22.8 Å². The van der Waals surface area contributed by atoms with Gasteiger partial charge >= 0.3 is 5.97 Å². The summed E-state index contributed by atoms with van der Waals surface area (Å²) in [4.78, 5) is 24.2. The van der Waals surface area contributed by atoms with E-state index < -0.39 is 5.97 Å². The number of aliphatic carboxylic acids is 1. The molecule has 0 aliphatic rings. The van der Waals surface area contributed by atoms with Crippen LogP contribution in [-0.4, -0.2) is 32.2 Å². The molecule has 0 radical (unpaired) electrons. The molecule has 4 aromatic rings. The highest BCUT2D eigenvalue weighted by Crippen LogP contribution is 2.35. The van der Waals surface area contributed by atoms with Crippen LogP contribution in [0.25, 0.3) is 28.7 Å². The summed E-state index contributed by atoms with van der Waals surface area (Å²) >= 11 is 0. The lowest BCUT2D eigenvalue weighted by Gasteiger charge is -2.06. The van der Waals surface area contributed by atoms with Crippen molar-refractivity contribution in [1.29, 1.82) is 0 Å². The molecule has 7 heteroatoms. The van der Waals surface area contributed by atoms with Crippen LogP contribution in [0.2, 0.25) is 0 Å². The number of aromatic hydroxyl groups is 2. The lowest BCUT2D eigenvalue weighted by Crippen LogP contribution is -2.04. The third kappa shape index (κ3) is 4.27. The molecule has 1 aromatic heterocycles. The minimum atomic E-state index is -1.06. The number of phenolic OH excluding ortho intramolecular Hbond substituents is 2. The molecular weight excluding hydrogens is 410 g/mol. The largest absolute Gasteiger partial charge is 0.508 e. The van der Waals surface area contributed by atoms with Crippen molar-refractivity contribution in [2.45, 2.75) is 0 Å². The molecule has 3 aromatic carbocycles. The van der Waals surface area contributed by atoms with E-state index in [1.54, 1.807) is 48.5 Å². The van der Waals surface area contributed by atoms with Crippen molar-refractivity contribution in [3.8, 4) is 34.1 Å². The first kappa shape index (κ1) is 20.6. The van der Waals surface area contributed by atoms with Gasteiger partial charge < -0.3 is 19.8 Å². The van der Waals surface area contributed by atoms with Crippen molar-refractivity contribution in [1.82, 2.24) is 5.16 Å². The van der Waals surface area contributed by atoms with Crippen LogP contribution < -0.4 is 0 Å². The number of benzene rings is 3. The Morgan fingerprint density at radius 3 is 1.91 bits per heavy atom. The second kappa shape index (κ2) is 8.61. The summed E-state index contributed by atoms with van der Waals surface area (Å²) in [6.45, 7) is 0. The number of carboxylic acids is 1. The van der Waals surface area contributed by atoms with Gasteiger partial charge in [-0.25, -0.2) is 4.79 Å². The number of phenols is 2. The van der Waals surface area contributed by atoms with Gasteiger partial charge in [-0.3, -0.25) is 4.79 Å². The Bertz CT molecular complexity index is 1240. The van der Waals surface area contributed by atoms with Gasteiger partial charge in [0.1, 0.15) is 17.2 Å². The van der Waals surface area contributed by atoms with E-state index in [0.29, 0.717) is 27.9 Å². The molecule has 32 heavy (non-hydrogen) atoms. The Hall–Kier alpha value is -4.65. The van der Waals surface area contributed by atoms with Crippen LogP contribution in [-0.2, 0) is 4.79 Å². The molecule has 3 N–H and O–H groups in total. The number of hydrogen-bond donors (Lipinski definition) is 3. The van der Waals surface area contributed by atoms with Crippen LogP contribution in [0.1, 0.15) is 21.5 Å². The first-order valence-electron chi connectivity index (χ1n) is 9.56. The van der Waals surface area contributed by atoms with Crippen molar-refractivity contribution in [2.24, 2.45) is 0 Å². The van der Waals surface area contributed by atoms with Crippen LogP contribution in [0.4, 0.5) is 0 Å². The zero-order valence-corrected chi connectivity index (χ0v) is 16.6. The number of hydrogen-bond acceptors (Lipinski definition) is 6. The monoisotopic (exact) mass is 427 g/mol. The molecule has 4 rings (SSSR count). The van der Waals surface area contributed by atoms with E-state index in [2.05, 4.69) is 5.16 Å². The Labute approximate surface area is 182 Å².